The van der Waals surface area contributed by atoms with Gasteiger partial charge in [-0.15, -0.1) is 0 Å². The van der Waals surface area contributed by atoms with E-state index < -0.39 is 0 Å². The van der Waals surface area contributed by atoms with E-state index in [1.54, 1.807) is 24.3 Å². The van der Waals surface area contributed by atoms with Crippen LogP contribution in [-0.4, -0.2) is 0 Å². The lowest BCUT2D eigenvalue weighted by molar-refractivity contribution is 0.628. The average molecular weight is 574 g/mol. The highest BCUT2D eigenvalue weighted by Gasteiger charge is 2.36. The van der Waals surface area contributed by atoms with Gasteiger partial charge in [0.2, 0.25) is 0 Å². The Morgan fingerprint density at radius 2 is 1.05 bits per heavy atom. The molecule has 7 aromatic carbocycles. The Kier molecular flexibility index (Phi) is 5.92. The molecule has 1 aliphatic rings. The van der Waals surface area contributed by atoms with Gasteiger partial charge in [0.25, 0.3) is 0 Å². The molecule has 1 nitrogen and oxygen atoms in total. The summed E-state index contributed by atoms with van der Waals surface area (Å²) in [5.41, 5.74) is 9.94. The van der Waals surface area contributed by atoms with Crippen molar-refractivity contribution >= 4 is 38.6 Å². The number of rotatable bonds is 4. The molecule has 0 unspecified atom stereocenters. The summed E-state index contributed by atoms with van der Waals surface area (Å²) in [6, 6.07) is 45.6. The topological polar surface area (TPSA) is 3.24 Å². The van der Waals surface area contributed by atoms with E-state index in [1.807, 2.05) is 4.90 Å². The number of nitrogens with zero attached hydrogens (tertiary/aromatic N) is 1. The van der Waals surface area contributed by atoms with Crippen LogP contribution in [0.3, 0.4) is 0 Å². The Morgan fingerprint density at radius 1 is 0.477 bits per heavy atom. The number of hydrogen-bond donors (Lipinski definition) is 0. The maximum Gasteiger partial charge on any atom is 0.123 e. The quantitative estimate of drug-likeness (QED) is 0.189. The van der Waals surface area contributed by atoms with Gasteiger partial charge in [0, 0.05) is 22.5 Å². The fourth-order valence-corrected chi connectivity index (χ4v) is 6.93. The van der Waals surface area contributed by atoms with E-state index in [-0.39, 0.29) is 17.0 Å². The highest BCUT2D eigenvalue weighted by molar-refractivity contribution is 6.14. The molecular formula is C41H29F2N. The van der Waals surface area contributed by atoms with Crippen molar-refractivity contribution in [1.82, 2.24) is 0 Å². The summed E-state index contributed by atoms with van der Waals surface area (Å²) in [7, 11) is 0. The molecule has 212 valence electrons. The van der Waals surface area contributed by atoms with Crippen molar-refractivity contribution < 1.29 is 8.78 Å². The molecule has 7 aromatic rings. The zero-order valence-corrected chi connectivity index (χ0v) is 24.5. The zero-order valence-electron chi connectivity index (χ0n) is 24.5. The van der Waals surface area contributed by atoms with Crippen LogP contribution in [-0.2, 0) is 5.41 Å². The zero-order chi connectivity index (χ0) is 30.0. The number of fused-ring (bicyclic) bond motifs is 7. The van der Waals surface area contributed by atoms with Crippen LogP contribution >= 0.6 is 0 Å². The van der Waals surface area contributed by atoms with E-state index in [0.29, 0.717) is 0 Å². The maximum atomic E-state index is 13.8. The molecule has 0 heterocycles. The summed E-state index contributed by atoms with van der Waals surface area (Å²) in [6.45, 7) is 4.64. The Hall–Kier alpha value is -5.28. The van der Waals surface area contributed by atoms with Gasteiger partial charge in [-0.2, -0.15) is 0 Å². The van der Waals surface area contributed by atoms with Gasteiger partial charge in [-0.1, -0.05) is 86.6 Å². The highest BCUT2D eigenvalue weighted by atomic mass is 19.1. The first kappa shape index (κ1) is 26.4. The minimum absolute atomic E-state index is 0.136. The van der Waals surface area contributed by atoms with Crippen LogP contribution in [0.2, 0.25) is 0 Å². The maximum absolute atomic E-state index is 13.8. The molecule has 0 aliphatic heterocycles. The molecule has 0 fully saturated rings. The molecule has 0 N–H and O–H groups in total. The fourth-order valence-electron chi connectivity index (χ4n) is 6.93. The van der Waals surface area contributed by atoms with E-state index in [4.69, 9.17) is 0 Å². The first-order valence-electron chi connectivity index (χ1n) is 14.9. The molecule has 0 radical (unpaired) electrons. The van der Waals surface area contributed by atoms with E-state index >= 15 is 0 Å². The second kappa shape index (κ2) is 9.89. The second-order valence-corrected chi connectivity index (χ2v) is 12.1. The summed E-state index contributed by atoms with van der Waals surface area (Å²) in [4.78, 5) is 2.00. The molecule has 0 aromatic heterocycles. The van der Waals surface area contributed by atoms with E-state index in [0.717, 1.165) is 28.2 Å². The third kappa shape index (κ3) is 4.11. The SMILES string of the molecule is CC1(C)c2cc(-c3ccc(N(c4ccc(F)cc4)c4ccc(F)cc4)cc3)ccc2-c2c1ccc1c2ccc2ccccc21. The Bertz CT molecular complexity index is 2150. The predicted molar refractivity (Wildman–Crippen MR) is 179 cm³/mol. The predicted octanol–water partition coefficient (Wildman–Crippen LogP) is 11.7. The van der Waals surface area contributed by atoms with Gasteiger partial charge in [-0.25, -0.2) is 8.78 Å². The summed E-state index contributed by atoms with van der Waals surface area (Å²) in [6.07, 6.45) is 0. The molecule has 0 bridgehead atoms. The van der Waals surface area contributed by atoms with E-state index in [2.05, 4.69) is 105 Å². The third-order valence-corrected chi connectivity index (χ3v) is 9.19. The van der Waals surface area contributed by atoms with Gasteiger partial charge in [-0.3, -0.25) is 0 Å². The van der Waals surface area contributed by atoms with Gasteiger partial charge >= 0.3 is 0 Å². The van der Waals surface area contributed by atoms with Crippen molar-refractivity contribution in [3.05, 3.63) is 162 Å². The van der Waals surface area contributed by atoms with Gasteiger partial charge < -0.3 is 4.90 Å². The molecule has 1 aliphatic carbocycles. The number of hydrogen-bond acceptors (Lipinski definition) is 1. The van der Waals surface area contributed by atoms with Crippen LogP contribution in [0.4, 0.5) is 25.8 Å². The van der Waals surface area contributed by atoms with Crippen LogP contribution in [0, 0.1) is 11.6 Å². The lowest BCUT2D eigenvalue weighted by Gasteiger charge is -2.26. The molecule has 0 saturated carbocycles. The van der Waals surface area contributed by atoms with Crippen molar-refractivity contribution in [2.24, 2.45) is 0 Å². The van der Waals surface area contributed by atoms with E-state index in [1.165, 1.54) is 68.1 Å². The largest absolute Gasteiger partial charge is 0.310 e. The van der Waals surface area contributed by atoms with Crippen molar-refractivity contribution in [3.63, 3.8) is 0 Å². The van der Waals surface area contributed by atoms with Gasteiger partial charge in [0.1, 0.15) is 11.6 Å². The lowest BCUT2D eigenvalue weighted by Crippen LogP contribution is -2.15. The molecule has 0 saturated heterocycles. The van der Waals surface area contributed by atoms with Gasteiger partial charge in [0.15, 0.2) is 0 Å². The smallest absolute Gasteiger partial charge is 0.123 e. The summed E-state index contributed by atoms with van der Waals surface area (Å²) in [5.74, 6) is -0.600. The lowest BCUT2D eigenvalue weighted by atomic mass is 9.81. The summed E-state index contributed by atoms with van der Waals surface area (Å²) >= 11 is 0. The van der Waals surface area contributed by atoms with Crippen LogP contribution < -0.4 is 4.90 Å². The number of halogens is 2. The fraction of sp³-hybridized carbons (Fsp3) is 0.0732. The molecule has 3 heteroatoms. The summed E-state index contributed by atoms with van der Waals surface area (Å²) in [5, 5.41) is 5.13. The Morgan fingerprint density at radius 3 is 1.70 bits per heavy atom. The monoisotopic (exact) mass is 573 g/mol. The highest BCUT2D eigenvalue weighted by Crippen LogP contribution is 2.52. The average Bonchev–Trinajstić information content (AvgIpc) is 3.29. The Balaban J connectivity index is 1.20. The minimum atomic E-state index is -0.300. The first-order chi connectivity index (χ1) is 21.4. The summed E-state index contributed by atoms with van der Waals surface area (Å²) < 4.78 is 27.5. The number of anilines is 3. The molecule has 0 atom stereocenters. The van der Waals surface area contributed by atoms with Crippen molar-refractivity contribution in [2.45, 2.75) is 19.3 Å². The van der Waals surface area contributed by atoms with Gasteiger partial charge in [0.05, 0.1) is 0 Å². The van der Waals surface area contributed by atoms with Crippen molar-refractivity contribution in [3.8, 4) is 22.3 Å². The van der Waals surface area contributed by atoms with Crippen LogP contribution in [0.5, 0.6) is 0 Å². The molecular weight excluding hydrogens is 544 g/mol. The molecule has 0 amide bonds. The molecule has 44 heavy (non-hydrogen) atoms. The second-order valence-electron chi connectivity index (χ2n) is 12.1. The molecule has 8 rings (SSSR count). The standard InChI is InChI=1S/C41H29F2N/c1-41(2)38-24-23-35-34-6-4-3-5-27(34)9-21-36(35)40(38)37-22-10-28(25-39(37)41)26-7-15-31(16-8-26)44(32-17-11-29(42)12-18-32)33-19-13-30(43)14-20-33/h3-25H,1-2H3. The van der Waals surface area contributed by atoms with Crippen LogP contribution in [0.15, 0.2) is 140 Å². The van der Waals surface area contributed by atoms with Crippen LogP contribution in [0.1, 0.15) is 25.0 Å². The minimum Gasteiger partial charge on any atom is -0.310 e. The Labute approximate surface area is 255 Å². The van der Waals surface area contributed by atoms with Gasteiger partial charge in [-0.05, 0) is 122 Å². The first-order valence-corrected chi connectivity index (χ1v) is 14.9. The molecule has 0 spiro atoms. The normalized spacial score (nSPS) is 13.2. The van der Waals surface area contributed by atoms with Crippen molar-refractivity contribution in [1.29, 1.82) is 0 Å². The van der Waals surface area contributed by atoms with Crippen LogP contribution in [0.25, 0.3) is 43.8 Å². The van der Waals surface area contributed by atoms with E-state index in [9.17, 15) is 8.78 Å². The number of benzene rings is 7. The third-order valence-electron chi connectivity index (χ3n) is 9.19. The van der Waals surface area contributed by atoms with Crippen molar-refractivity contribution in [2.75, 3.05) is 4.90 Å².